The summed E-state index contributed by atoms with van der Waals surface area (Å²) in [5.41, 5.74) is 2.77. The first kappa shape index (κ1) is 21.9. The summed E-state index contributed by atoms with van der Waals surface area (Å²) < 4.78 is 5.95. The quantitative estimate of drug-likeness (QED) is 0.499. The number of benzene rings is 3. The van der Waals surface area contributed by atoms with Crippen molar-refractivity contribution in [2.24, 2.45) is 0 Å². The van der Waals surface area contributed by atoms with Gasteiger partial charge >= 0.3 is 0 Å². The minimum Gasteiger partial charge on any atom is -0.492 e. The van der Waals surface area contributed by atoms with Gasteiger partial charge in [-0.05, 0) is 73.8 Å². The van der Waals surface area contributed by atoms with Crippen molar-refractivity contribution in [1.82, 2.24) is 4.90 Å². The van der Waals surface area contributed by atoms with Crippen LogP contribution in [0.2, 0.25) is 5.02 Å². The first-order valence-corrected chi connectivity index (χ1v) is 11.4. The molecule has 3 nitrogen and oxygen atoms in total. The van der Waals surface area contributed by atoms with Gasteiger partial charge in [0.05, 0.1) is 0 Å². The molecule has 1 N–H and O–H groups in total. The second-order valence-electron chi connectivity index (χ2n) is 8.45. The molecule has 4 rings (SSSR count). The molecule has 0 bridgehead atoms. The van der Waals surface area contributed by atoms with Crippen molar-refractivity contribution in [3.05, 3.63) is 100 Å². The molecule has 1 saturated heterocycles. The maximum absolute atomic E-state index is 11.9. The average molecular weight is 436 g/mol. The van der Waals surface area contributed by atoms with E-state index >= 15 is 0 Å². The Hall–Kier alpha value is -2.33. The van der Waals surface area contributed by atoms with Gasteiger partial charge in [-0.25, -0.2) is 0 Å². The number of hydrogen-bond donors (Lipinski definition) is 1. The molecule has 3 aromatic rings. The normalized spacial score (nSPS) is 16.2. The van der Waals surface area contributed by atoms with Gasteiger partial charge in [0.25, 0.3) is 0 Å². The molecular formula is C27H30ClNO2. The van der Waals surface area contributed by atoms with Crippen molar-refractivity contribution in [2.45, 2.75) is 31.8 Å². The van der Waals surface area contributed by atoms with Crippen LogP contribution in [0.15, 0.2) is 72.8 Å². The summed E-state index contributed by atoms with van der Waals surface area (Å²) in [6.45, 7) is 6.06. The minimum absolute atomic E-state index is 0.461. The summed E-state index contributed by atoms with van der Waals surface area (Å²) in [6.07, 6.45) is 3.04. The molecule has 1 heterocycles. The van der Waals surface area contributed by atoms with Crippen LogP contribution in [0, 0.1) is 6.92 Å². The molecule has 1 atom stereocenters. The topological polar surface area (TPSA) is 32.7 Å². The summed E-state index contributed by atoms with van der Waals surface area (Å²) in [5, 5.41) is 12.6. The van der Waals surface area contributed by atoms with Crippen LogP contribution >= 0.6 is 11.6 Å². The lowest BCUT2D eigenvalue weighted by molar-refractivity contribution is 0.0810. The largest absolute Gasteiger partial charge is 0.492 e. The number of halogens is 1. The van der Waals surface area contributed by atoms with Crippen LogP contribution in [0.3, 0.4) is 0 Å². The predicted octanol–water partition coefficient (Wildman–Crippen LogP) is 5.60. The number of aliphatic hydroxyl groups is 1. The number of ether oxygens (including phenoxy) is 1. The fourth-order valence-corrected chi connectivity index (χ4v) is 4.35. The number of nitrogens with zero attached hydrogens (tertiary/aromatic N) is 1. The van der Waals surface area contributed by atoms with Crippen LogP contribution in [0.4, 0.5) is 0 Å². The molecule has 1 unspecified atom stereocenters. The van der Waals surface area contributed by atoms with E-state index in [1.54, 1.807) is 0 Å². The smallest absolute Gasteiger partial charge is 0.119 e. The van der Waals surface area contributed by atoms with Crippen LogP contribution in [-0.2, 0) is 12.0 Å². The lowest BCUT2D eigenvalue weighted by Crippen LogP contribution is -2.30. The van der Waals surface area contributed by atoms with E-state index in [9.17, 15) is 5.11 Å². The lowest BCUT2D eigenvalue weighted by Gasteiger charge is -2.30. The SMILES string of the molecule is Cc1ccc(C(O)(Cc2ccc(Cl)cc2)c2ccc(OCCN3CCCC3)cc2)cc1. The molecule has 0 saturated carbocycles. The second-order valence-corrected chi connectivity index (χ2v) is 8.89. The Labute approximate surface area is 190 Å². The van der Waals surface area contributed by atoms with Crippen molar-refractivity contribution in [2.75, 3.05) is 26.2 Å². The number of hydrogen-bond acceptors (Lipinski definition) is 3. The van der Waals surface area contributed by atoms with Crippen LogP contribution in [0.1, 0.15) is 35.1 Å². The van der Waals surface area contributed by atoms with E-state index in [1.165, 1.54) is 31.5 Å². The zero-order valence-corrected chi connectivity index (χ0v) is 18.8. The maximum Gasteiger partial charge on any atom is 0.119 e. The predicted molar refractivity (Wildman–Crippen MR) is 127 cm³/mol. The van der Waals surface area contributed by atoms with Crippen molar-refractivity contribution in [3.8, 4) is 5.75 Å². The Morgan fingerprint density at radius 1 is 0.871 bits per heavy atom. The van der Waals surface area contributed by atoms with E-state index in [1.807, 2.05) is 72.8 Å². The molecule has 162 valence electrons. The summed E-state index contributed by atoms with van der Waals surface area (Å²) in [7, 11) is 0. The van der Waals surface area contributed by atoms with Gasteiger partial charge in [0.1, 0.15) is 18.0 Å². The molecule has 0 aromatic heterocycles. The number of aryl methyl sites for hydroxylation is 1. The van der Waals surface area contributed by atoms with E-state index in [0.29, 0.717) is 18.1 Å². The zero-order valence-electron chi connectivity index (χ0n) is 18.1. The Bertz CT molecular complexity index is 964. The lowest BCUT2D eigenvalue weighted by atomic mass is 9.81. The van der Waals surface area contributed by atoms with Gasteiger partial charge in [-0.2, -0.15) is 0 Å². The maximum atomic E-state index is 11.9. The molecule has 1 fully saturated rings. The first-order valence-electron chi connectivity index (χ1n) is 11.0. The molecular weight excluding hydrogens is 406 g/mol. The fraction of sp³-hybridized carbons (Fsp3) is 0.333. The third-order valence-electron chi connectivity index (χ3n) is 6.11. The summed E-state index contributed by atoms with van der Waals surface area (Å²) in [4.78, 5) is 2.44. The van der Waals surface area contributed by atoms with Gasteiger partial charge in [0.2, 0.25) is 0 Å². The number of likely N-dealkylation sites (tertiary alicyclic amines) is 1. The van der Waals surface area contributed by atoms with Gasteiger partial charge in [0.15, 0.2) is 0 Å². The third kappa shape index (κ3) is 5.48. The molecule has 0 amide bonds. The molecule has 1 aliphatic heterocycles. The molecule has 0 radical (unpaired) electrons. The van der Waals surface area contributed by atoms with Crippen molar-refractivity contribution < 1.29 is 9.84 Å². The summed E-state index contributed by atoms with van der Waals surface area (Å²) >= 11 is 6.06. The highest BCUT2D eigenvalue weighted by molar-refractivity contribution is 6.30. The Morgan fingerprint density at radius 2 is 1.45 bits per heavy atom. The molecule has 4 heteroatoms. The van der Waals surface area contributed by atoms with Gasteiger partial charge in [-0.1, -0.05) is 65.7 Å². The zero-order chi connectivity index (χ0) is 21.7. The highest BCUT2D eigenvalue weighted by Gasteiger charge is 2.32. The van der Waals surface area contributed by atoms with Crippen LogP contribution in [-0.4, -0.2) is 36.2 Å². The molecule has 1 aliphatic rings. The molecule has 31 heavy (non-hydrogen) atoms. The average Bonchev–Trinajstić information content (AvgIpc) is 3.30. The van der Waals surface area contributed by atoms with Crippen LogP contribution < -0.4 is 4.74 Å². The Kier molecular flexibility index (Phi) is 6.96. The first-order chi connectivity index (χ1) is 15.0. The Morgan fingerprint density at radius 3 is 2.06 bits per heavy atom. The standard InChI is InChI=1S/C27H30ClNO2/c1-21-4-8-23(9-5-21)27(30,20-22-6-12-25(28)13-7-22)24-10-14-26(15-11-24)31-19-18-29-16-2-3-17-29/h4-15,30H,2-3,16-20H2,1H3. The fourth-order valence-electron chi connectivity index (χ4n) is 4.22. The highest BCUT2D eigenvalue weighted by atomic mass is 35.5. The highest BCUT2D eigenvalue weighted by Crippen LogP contribution is 2.34. The molecule has 0 aliphatic carbocycles. The second kappa shape index (κ2) is 9.86. The monoisotopic (exact) mass is 435 g/mol. The van der Waals surface area contributed by atoms with Gasteiger partial charge in [-0.3, -0.25) is 4.90 Å². The van der Waals surface area contributed by atoms with Gasteiger partial charge in [-0.15, -0.1) is 0 Å². The van der Waals surface area contributed by atoms with E-state index in [2.05, 4.69) is 11.8 Å². The van der Waals surface area contributed by atoms with Gasteiger partial charge < -0.3 is 9.84 Å². The number of rotatable bonds is 8. The van der Waals surface area contributed by atoms with E-state index in [-0.39, 0.29) is 0 Å². The Balaban J connectivity index is 1.54. The van der Waals surface area contributed by atoms with Crippen molar-refractivity contribution >= 4 is 11.6 Å². The van der Waals surface area contributed by atoms with Crippen LogP contribution in [0.25, 0.3) is 0 Å². The van der Waals surface area contributed by atoms with E-state index < -0.39 is 5.60 Å². The van der Waals surface area contributed by atoms with Crippen molar-refractivity contribution in [1.29, 1.82) is 0 Å². The van der Waals surface area contributed by atoms with Crippen LogP contribution in [0.5, 0.6) is 5.75 Å². The minimum atomic E-state index is -1.14. The summed E-state index contributed by atoms with van der Waals surface area (Å²) in [5.74, 6) is 0.834. The third-order valence-corrected chi connectivity index (χ3v) is 6.36. The van der Waals surface area contributed by atoms with E-state index in [4.69, 9.17) is 16.3 Å². The molecule has 3 aromatic carbocycles. The molecule has 0 spiro atoms. The van der Waals surface area contributed by atoms with Gasteiger partial charge in [0, 0.05) is 18.0 Å². The summed E-state index contributed by atoms with van der Waals surface area (Å²) in [6, 6.07) is 23.6. The van der Waals surface area contributed by atoms with E-state index in [0.717, 1.165) is 29.0 Å². The van der Waals surface area contributed by atoms with Crippen molar-refractivity contribution in [3.63, 3.8) is 0 Å².